The highest BCUT2D eigenvalue weighted by atomic mass is 16.5. The lowest BCUT2D eigenvalue weighted by Crippen LogP contribution is -2.47. The average molecular weight is 461 g/mol. The number of aryl methyl sites for hydroxylation is 1. The van der Waals surface area contributed by atoms with E-state index in [0.29, 0.717) is 29.7 Å². The van der Waals surface area contributed by atoms with Gasteiger partial charge in [-0.15, -0.1) is 6.58 Å². The van der Waals surface area contributed by atoms with Crippen LogP contribution in [0.1, 0.15) is 49.0 Å². The number of methoxy groups -OCH3 is 1. The molecule has 1 aliphatic rings. The summed E-state index contributed by atoms with van der Waals surface area (Å²) in [6.07, 6.45) is 4.42. The lowest BCUT2D eigenvalue weighted by molar-refractivity contribution is -0.146. The first-order valence-electron chi connectivity index (χ1n) is 11.5. The molecule has 0 aromatic heterocycles. The monoisotopic (exact) mass is 460 g/mol. The number of ketones is 1. The minimum atomic E-state index is -1.91. The molecule has 2 aromatic rings. The molecule has 178 valence electrons. The van der Waals surface area contributed by atoms with Crippen molar-refractivity contribution in [3.8, 4) is 11.1 Å². The number of rotatable bonds is 10. The summed E-state index contributed by atoms with van der Waals surface area (Å²) in [4.78, 5) is 25.4. The fourth-order valence-electron chi connectivity index (χ4n) is 4.37. The number of ether oxygens (including phenoxy) is 1. The number of allylic oxidation sites excluding steroid dienone is 2. The zero-order chi connectivity index (χ0) is 24.9. The van der Waals surface area contributed by atoms with Crippen molar-refractivity contribution in [2.24, 2.45) is 5.92 Å². The van der Waals surface area contributed by atoms with E-state index < -0.39 is 17.5 Å². The number of carboxylic acids is 1. The van der Waals surface area contributed by atoms with Crippen molar-refractivity contribution in [2.75, 3.05) is 7.11 Å². The van der Waals surface area contributed by atoms with Crippen LogP contribution >= 0.6 is 0 Å². The number of hydrogen-bond acceptors (Lipinski definition) is 4. The molecule has 1 aliphatic carbocycles. The second kappa shape index (κ2) is 10.7. The van der Waals surface area contributed by atoms with E-state index in [1.807, 2.05) is 25.1 Å². The van der Waals surface area contributed by atoms with Gasteiger partial charge in [0.1, 0.15) is 17.3 Å². The van der Waals surface area contributed by atoms with Gasteiger partial charge in [-0.05, 0) is 55.0 Å². The quantitative estimate of drug-likeness (QED) is 0.349. The van der Waals surface area contributed by atoms with Crippen LogP contribution in [-0.2, 0) is 16.0 Å². The van der Waals surface area contributed by atoms with Crippen LogP contribution in [0.3, 0.4) is 0 Å². The second-order valence-corrected chi connectivity index (χ2v) is 8.83. The molecule has 2 unspecified atom stereocenters. The van der Waals surface area contributed by atoms with Crippen molar-refractivity contribution in [1.82, 2.24) is 0 Å². The molecule has 5 nitrogen and oxygen atoms in total. The van der Waals surface area contributed by atoms with Crippen molar-refractivity contribution in [2.45, 2.75) is 45.1 Å². The lowest BCUT2D eigenvalue weighted by atomic mass is 9.71. The predicted octanol–water partition coefficient (Wildman–Crippen LogP) is 5.75. The molecule has 0 radical (unpaired) electrons. The number of carbonyl (C=O) groups excluding carboxylic acids is 1. The maximum atomic E-state index is 13.4. The Morgan fingerprint density at radius 1 is 1.12 bits per heavy atom. The predicted molar refractivity (Wildman–Crippen MR) is 134 cm³/mol. The standard InChI is InChI=1S/C29H32O5/c1-5-20-10-12-21(13-11-20)22-7-6-8-23(17-22)26(30)18-29(33)24(14-9-19(2)3)27(34-4)16-15-25(29)28(31)32/h6-8,10-13,15-17,25,33H,2,5,9,14,18H2,1,3-4H3,(H,31,32). The molecule has 2 atom stereocenters. The molecule has 0 heterocycles. The molecule has 0 saturated carbocycles. The zero-order valence-electron chi connectivity index (χ0n) is 20.0. The summed E-state index contributed by atoms with van der Waals surface area (Å²) < 4.78 is 5.44. The molecule has 0 fully saturated rings. The van der Waals surface area contributed by atoms with E-state index in [2.05, 4.69) is 25.6 Å². The van der Waals surface area contributed by atoms with E-state index in [-0.39, 0.29) is 12.2 Å². The molecule has 5 heteroatoms. The first-order valence-corrected chi connectivity index (χ1v) is 11.5. The van der Waals surface area contributed by atoms with Crippen LogP contribution in [0.4, 0.5) is 0 Å². The van der Waals surface area contributed by atoms with Crippen LogP contribution in [0.5, 0.6) is 0 Å². The van der Waals surface area contributed by atoms with E-state index in [9.17, 15) is 19.8 Å². The van der Waals surface area contributed by atoms with Crippen LogP contribution in [0, 0.1) is 5.92 Å². The third-order valence-electron chi connectivity index (χ3n) is 6.37. The number of aliphatic hydroxyl groups is 1. The summed E-state index contributed by atoms with van der Waals surface area (Å²) in [6, 6.07) is 15.4. The molecule has 0 saturated heterocycles. The molecule has 2 aromatic carbocycles. The summed E-state index contributed by atoms with van der Waals surface area (Å²) in [6.45, 7) is 7.86. The summed E-state index contributed by atoms with van der Waals surface area (Å²) in [5.41, 5.74) is 2.91. The number of aliphatic carboxylic acids is 1. The van der Waals surface area contributed by atoms with E-state index in [4.69, 9.17) is 4.74 Å². The summed E-state index contributed by atoms with van der Waals surface area (Å²) in [7, 11) is 1.47. The van der Waals surface area contributed by atoms with Gasteiger partial charge in [0.2, 0.25) is 0 Å². The summed E-state index contributed by atoms with van der Waals surface area (Å²) in [5.74, 6) is -2.40. The van der Waals surface area contributed by atoms with Gasteiger partial charge in [-0.1, -0.05) is 61.0 Å². The molecule has 34 heavy (non-hydrogen) atoms. The smallest absolute Gasteiger partial charge is 0.313 e. The van der Waals surface area contributed by atoms with Crippen molar-refractivity contribution >= 4 is 11.8 Å². The van der Waals surface area contributed by atoms with Crippen LogP contribution in [0.15, 0.2) is 84.2 Å². The first kappa shape index (κ1) is 25.2. The van der Waals surface area contributed by atoms with Gasteiger partial charge in [-0.25, -0.2) is 0 Å². The van der Waals surface area contributed by atoms with Crippen molar-refractivity contribution in [3.05, 3.63) is 95.3 Å². The minimum absolute atomic E-state index is 0.334. The van der Waals surface area contributed by atoms with Crippen molar-refractivity contribution in [3.63, 3.8) is 0 Å². The van der Waals surface area contributed by atoms with Crippen LogP contribution in [0.2, 0.25) is 0 Å². The van der Waals surface area contributed by atoms with Gasteiger partial charge in [0.05, 0.1) is 7.11 Å². The Bertz CT molecular complexity index is 1140. The van der Waals surface area contributed by atoms with Gasteiger partial charge in [0.15, 0.2) is 5.78 Å². The summed E-state index contributed by atoms with van der Waals surface area (Å²) in [5, 5.41) is 21.6. The Hall–Kier alpha value is -3.44. The normalized spacial score (nSPS) is 19.7. The fraction of sp³-hybridized carbons (Fsp3) is 0.310. The van der Waals surface area contributed by atoms with Crippen molar-refractivity contribution < 1.29 is 24.5 Å². The second-order valence-electron chi connectivity index (χ2n) is 8.83. The van der Waals surface area contributed by atoms with Gasteiger partial charge >= 0.3 is 5.97 Å². The maximum Gasteiger partial charge on any atom is 0.313 e. The number of hydrogen-bond donors (Lipinski definition) is 2. The van der Waals surface area contributed by atoms with Gasteiger partial charge in [0, 0.05) is 17.6 Å². The van der Waals surface area contributed by atoms with E-state index in [1.54, 1.807) is 24.3 Å². The Morgan fingerprint density at radius 2 is 1.82 bits per heavy atom. The lowest BCUT2D eigenvalue weighted by Gasteiger charge is -2.37. The van der Waals surface area contributed by atoms with Crippen LogP contribution in [-0.4, -0.2) is 34.7 Å². The maximum absolute atomic E-state index is 13.4. The Kier molecular flexibility index (Phi) is 7.90. The Balaban J connectivity index is 1.96. The fourth-order valence-corrected chi connectivity index (χ4v) is 4.37. The molecule has 3 rings (SSSR count). The van der Waals surface area contributed by atoms with Gasteiger partial charge in [-0.2, -0.15) is 0 Å². The molecule has 0 amide bonds. The number of carbonyl (C=O) groups is 2. The highest BCUT2D eigenvalue weighted by Crippen LogP contribution is 2.41. The SMILES string of the molecule is C=C(C)CCC1=C(OC)C=CC(C(=O)O)C1(O)CC(=O)c1cccc(-c2ccc(CC)cc2)c1. The molecule has 0 bridgehead atoms. The third kappa shape index (κ3) is 5.37. The van der Waals surface area contributed by atoms with E-state index in [1.165, 1.54) is 18.7 Å². The molecule has 2 N–H and O–H groups in total. The molecular weight excluding hydrogens is 428 g/mol. The number of Topliss-reactive ketones (excluding diaryl/α,β-unsaturated/α-hetero) is 1. The van der Waals surface area contributed by atoms with E-state index >= 15 is 0 Å². The zero-order valence-corrected chi connectivity index (χ0v) is 20.0. The first-order chi connectivity index (χ1) is 16.2. The highest BCUT2D eigenvalue weighted by molar-refractivity contribution is 5.98. The van der Waals surface area contributed by atoms with Gasteiger partial charge in [0.25, 0.3) is 0 Å². The molecule has 0 spiro atoms. The number of benzene rings is 2. The highest BCUT2D eigenvalue weighted by Gasteiger charge is 2.48. The van der Waals surface area contributed by atoms with Crippen LogP contribution < -0.4 is 0 Å². The minimum Gasteiger partial charge on any atom is -0.497 e. The largest absolute Gasteiger partial charge is 0.497 e. The number of carboxylic acid groups (broad SMARTS) is 1. The topological polar surface area (TPSA) is 83.8 Å². The van der Waals surface area contributed by atoms with Crippen molar-refractivity contribution in [1.29, 1.82) is 0 Å². The molecular formula is C29H32O5. The molecule has 0 aliphatic heterocycles. The third-order valence-corrected chi connectivity index (χ3v) is 6.37. The Morgan fingerprint density at radius 3 is 2.41 bits per heavy atom. The van der Waals surface area contributed by atoms with E-state index in [0.717, 1.165) is 23.1 Å². The van der Waals surface area contributed by atoms with Gasteiger partial charge in [-0.3, -0.25) is 9.59 Å². The van der Waals surface area contributed by atoms with Gasteiger partial charge < -0.3 is 14.9 Å². The summed E-state index contributed by atoms with van der Waals surface area (Å²) >= 11 is 0. The Labute approximate surface area is 201 Å². The average Bonchev–Trinajstić information content (AvgIpc) is 2.82. The van der Waals surface area contributed by atoms with Crippen LogP contribution in [0.25, 0.3) is 11.1 Å².